The number of aryl methyl sites for hydroxylation is 1. The Kier molecular flexibility index (Phi) is 12.7. The van der Waals surface area contributed by atoms with Gasteiger partial charge >= 0.3 is 21.7 Å². The fourth-order valence-electron chi connectivity index (χ4n) is 4.88. The Labute approximate surface area is 239 Å². The van der Waals surface area contributed by atoms with E-state index in [1.54, 1.807) is 18.5 Å². The highest BCUT2D eigenvalue weighted by molar-refractivity contribution is 7.47. The summed E-state index contributed by atoms with van der Waals surface area (Å²) in [4.78, 5) is 43.2. The smallest absolute Gasteiger partial charge is 0.449 e. The molecule has 0 spiro atoms. The van der Waals surface area contributed by atoms with Gasteiger partial charge in [-0.2, -0.15) is 0 Å². The molecule has 4 N–H and O–H groups in total. The Bertz CT molecular complexity index is 1120. The SMILES string of the molecule is COP(=O)(O)OCCCNC(=O)OCC1C2CCc3nnn(CC(=O)NCCCOP(=O)(O)OC(C)C)c3CCC21. The third kappa shape index (κ3) is 11.4. The van der Waals surface area contributed by atoms with Crippen molar-refractivity contribution in [2.45, 2.75) is 65.0 Å². The van der Waals surface area contributed by atoms with Crippen LogP contribution in [0.4, 0.5) is 4.79 Å². The Morgan fingerprint density at radius 2 is 1.66 bits per heavy atom. The molecule has 2 amide bonds. The quantitative estimate of drug-likeness (QED) is 0.144. The number of alkyl carbamates (subject to hydrolysis) is 1. The predicted molar refractivity (Wildman–Crippen MR) is 144 cm³/mol. The first-order valence-electron chi connectivity index (χ1n) is 13.7. The Balaban J connectivity index is 1.33. The molecule has 1 heterocycles. The van der Waals surface area contributed by atoms with E-state index in [9.17, 15) is 23.6 Å². The van der Waals surface area contributed by atoms with Crippen LogP contribution in [0.5, 0.6) is 0 Å². The van der Waals surface area contributed by atoms with Gasteiger partial charge in [0.05, 0.1) is 37.3 Å². The minimum atomic E-state index is -4.09. The van der Waals surface area contributed by atoms with E-state index in [2.05, 4.69) is 25.5 Å². The number of hydrogen-bond donors (Lipinski definition) is 4. The molecule has 3 rings (SSSR count). The van der Waals surface area contributed by atoms with Crippen LogP contribution in [0.2, 0.25) is 0 Å². The Morgan fingerprint density at radius 3 is 2.32 bits per heavy atom. The molecule has 18 heteroatoms. The molecule has 0 radical (unpaired) electrons. The van der Waals surface area contributed by atoms with E-state index >= 15 is 0 Å². The summed E-state index contributed by atoms with van der Waals surface area (Å²) in [5.41, 5.74) is 1.81. The molecule has 2 aliphatic carbocycles. The number of phosphoric ester groups is 2. The van der Waals surface area contributed by atoms with E-state index < -0.39 is 27.8 Å². The van der Waals surface area contributed by atoms with Crippen LogP contribution < -0.4 is 10.6 Å². The lowest BCUT2D eigenvalue weighted by molar-refractivity contribution is -0.121. The molecular weight excluding hydrogens is 584 g/mol. The van der Waals surface area contributed by atoms with Gasteiger partial charge in [-0.15, -0.1) is 5.10 Å². The molecular formula is C23H41N5O11P2. The number of nitrogens with zero attached hydrogens (tertiary/aromatic N) is 3. The third-order valence-electron chi connectivity index (χ3n) is 6.87. The summed E-state index contributed by atoms with van der Waals surface area (Å²) in [5, 5.41) is 13.8. The maximum absolute atomic E-state index is 12.4. The second-order valence-corrected chi connectivity index (χ2v) is 13.2. The predicted octanol–water partition coefficient (Wildman–Crippen LogP) is 1.95. The zero-order valence-corrected chi connectivity index (χ0v) is 25.4. The van der Waals surface area contributed by atoms with Gasteiger partial charge in [0, 0.05) is 20.2 Å². The van der Waals surface area contributed by atoms with Crippen molar-refractivity contribution < 1.29 is 51.3 Å². The van der Waals surface area contributed by atoms with Crippen molar-refractivity contribution in [1.29, 1.82) is 0 Å². The van der Waals surface area contributed by atoms with Gasteiger partial charge in [0.1, 0.15) is 6.54 Å². The number of ether oxygens (including phenoxy) is 1. The molecule has 0 saturated heterocycles. The van der Waals surface area contributed by atoms with Gasteiger partial charge in [-0.1, -0.05) is 5.21 Å². The second-order valence-electron chi connectivity index (χ2n) is 10.2. The largest absolute Gasteiger partial charge is 0.472 e. The summed E-state index contributed by atoms with van der Waals surface area (Å²) in [6, 6.07) is 0. The molecule has 41 heavy (non-hydrogen) atoms. The van der Waals surface area contributed by atoms with Crippen LogP contribution in [0.15, 0.2) is 0 Å². The summed E-state index contributed by atoms with van der Waals surface area (Å²) in [7, 11) is -7.03. The number of hydrogen-bond acceptors (Lipinski definition) is 11. The number of aromatic nitrogens is 3. The van der Waals surface area contributed by atoms with Gasteiger partial charge in [-0.3, -0.25) is 22.9 Å². The van der Waals surface area contributed by atoms with Crippen LogP contribution in [0.1, 0.15) is 50.9 Å². The van der Waals surface area contributed by atoms with Crippen molar-refractivity contribution in [2.24, 2.45) is 17.8 Å². The maximum Gasteiger partial charge on any atom is 0.472 e. The molecule has 5 atom stereocenters. The molecule has 1 fully saturated rings. The second kappa shape index (κ2) is 15.5. The normalized spacial score (nSPS) is 22.8. The minimum absolute atomic E-state index is 0.0192. The first kappa shape index (κ1) is 33.6. The van der Waals surface area contributed by atoms with E-state index in [-0.39, 0.29) is 44.7 Å². The monoisotopic (exact) mass is 625 g/mol. The van der Waals surface area contributed by atoms with Crippen molar-refractivity contribution in [3.8, 4) is 0 Å². The van der Waals surface area contributed by atoms with Crippen molar-refractivity contribution in [2.75, 3.05) is 40.0 Å². The summed E-state index contributed by atoms with van der Waals surface area (Å²) in [6.07, 6.45) is 2.89. The molecule has 0 aromatic carbocycles. The summed E-state index contributed by atoms with van der Waals surface area (Å²) < 4.78 is 48.6. The highest BCUT2D eigenvalue weighted by Gasteiger charge is 2.50. The van der Waals surface area contributed by atoms with Crippen LogP contribution in [-0.4, -0.2) is 82.9 Å². The lowest BCUT2D eigenvalue weighted by Crippen LogP contribution is -2.30. The van der Waals surface area contributed by atoms with Gasteiger partial charge < -0.3 is 25.2 Å². The van der Waals surface area contributed by atoms with Gasteiger partial charge in [-0.05, 0) is 70.1 Å². The van der Waals surface area contributed by atoms with Crippen LogP contribution >= 0.6 is 15.6 Å². The Hall–Kier alpha value is -1.90. The number of carbonyl (C=O) groups excluding carboxylic acids is 2. The maximum atomic E-state index is 12.4. The zero-order valence-electron chi connectivity index (χ0n) is 23.6. The number of amides is 2. The van der Waals surface area contributed by atoms with E-state index in [0.717, 1.165) is 37.8 Å². The topological polar surface area (TPSA) is 210 Å². The molecule has 2 aliphatic rings. The molecule has 0 aliphatic heterocycles. The van der Waals surface area contributed by atoms with Crippen LogP contribution in [0, 0.1) is 17.8 Å². The molecule has 1 aromatic heterocycles. The van der Waals surface area contributed by atoms with Gasteiger partial charge in [0.15, 0.2) is 0 Å². The van der Waals surface area contributed by atoms with Crippen molar-refractivity contribution >= 4 is 27.6 Å². The third-order valence-corrected chi connectivity index (χ3v) is 9.04. The Morgan fingerprint density at radius 1 is 1.02 bits per heavy atom. The lowest BCUT2D eigenvalue weighted by Gasteiger charge is -2.14. The molecule has 1 aromatic rings. The van der Waals surface area contributed by atoms with Crippen LogP contribution in [0.25, 0.3) is 0 Å². The van der Waals surface area contributed by atoms with Crippen molar-refractivity contribution in [1.82, 2.24) is 25.6 Å². The number of rotatable bonds is 17. The number of fused-ring (bicyclic) bond motifs is 2. The van der Waals surface area contributed by atoms with Crippen LogP contribution in [-0.2, 0) is 56.1 Å². The molecule has 16 nitrogen and oxygen atoms in total. The zero-order chi connectivity index (χ0) is 30.0. The number of carbonyl (C=O) groups is 2. The van der Waals surface area contributed by atoms with E-state index in [1.807, 2.05) is 0 Å². The highest BCUT2D eigenvalue weighted by Crippen LogP contribution is 2.53. The van der Waals surface area contributed by atoms with Gasteiger partial charge in [0.2, 0.25) is 5.91 Å². The summed E-state index contributed by atoms with van der Waals surface area (Å²) in [5.74, 6) is 0.870. The van der Waals surface area contributed by atoms with Crippen LogP contribution in [0.3, 0.4) is 0 Å². The van der Waals surface area contributed by atoms with E-state index in [0.29, 0.717) is 37.7 Å². The standard InChI is InChI=1S/C23H41N5O11P2/c1-16(2)39-41(33,34)38-13-4-10-24-22(29)14-28-21-9-7-18-17(6-8-20(21)26-27-28)19(18)15-36-23(30)25-11-5-12-37-40(31,32)35-3/h16-19H,4-15H2,1-3H3,(H,24,29)(H,25,30)(H,31,32)(H,33,34). The first-order valence-corrected chi connectivity index (χ1v) is 16.7. The van der Waals surface area contributed by atoms with Crippen molar-refractivity contribution in [3.63, 3.8) is 0 Å². The minimum Gasteiger partial charge on any atom is -0.449 e. The number of nitrogens with one attached hydrogen (secondary N) is 2. The van der Waals surface area contributed by atoms with Crippen molar-refractivity contribution in [3.05, 3.63) is 11.4 Å². The highest BCUT2D eigenvalue weighted by atomic mass is 31.2. The van der Waals surface area contributed by atoms with Gasteiger partial charge in [-0.25, -0.2) is 18.6 Å². The molecule has 0 bridgehead atoms. The number of phosphoric acid groups is 2. The van der Waals surface area contributed by atoms with E-state index in [4.69, 9.17) is 23.2 Å². The molecule has 1 saturated carbocycles. The fraction of sp³-hybridized carbons (Fsp3) is 0.826. The average Bonchev–Trinajstić information content (AvgIpc) is 3.40. The summed E-state index contributed by atoms with van der Waals surface area (Å²) >= 11 is 0. The first-order chi connectivity index (χ1) is 19.4. The fourth-order valence-corrected chi connectivity index (χ4v) is 6.30. The van der Waals surface area contributed by atoms with Gasteiger partial charge in [0.25, 0.3) is 0 Å². The average molecular weight is 626 g/mol. The lowest BCUT2D eigenvalue weighted by atomic mass is 10.0. The molecule has 5 unspecified atom stereocenters. The summed E-state index contributed by atoms with van der Waals surface area (Å²) in [6.45, 7) is 4.01. The molecule has 234 valence electrons. The van der Waals surface area contributed by atoms with E-state index in [1.165, 1.54) is 0 Å².